The van der Waals surface area contributed by atoms with Crippen LogP contribution in [0.5, 0.6) is 5.75 Å². The molecule has 0 unspecified atom stereocenters. The van der Waals surface area contributed by atoms with Gasteiger partial charge in [0.15, 0.2) is 5.82 Å². The number of nitrogens with one attached hydrogen (secondary N) is 2. The molecule has 0 amide bonds. The number of aromatic nitrogens is 3. The largest absolute Gasteiger partial charge is 0.495 e. The lowest BCUT2D eigenvalue weighted by Gasteiger charge is -2.28. The fraction of sp³-hybridized carbons (Fsp3) is 0.263. The van der Waals surface area contributed by atoms with Crippen LogP contribution in [0.2, 0.25) is 5.02 Å². The zero-order valence-electron chi connectivity index (χ0n) is 14.9. The number of aromatic amines is 1. The molecule has 0 aliphatic carbocycles. The number of nitrogens with zero attached hydrogens (tertiary/aromatic N) is 3. The van der Waals surface area contributed by atoms with Crippen molar-refractivity contribution in [3.8, 4) is 17.1 Å². The summed E-state index contributed by atoms with van der Waals surface area (Å²) < 4.78 is 10.6. The van der Waals surface area contributed by atoms with Gasteiger partial charge in [-0.15, -0.1) is 5.10 Å². The van der Waals surface area contributed by atoms with Crippen molar-refractivity contribution in [3.05, 3.63) is 47.5 Å². The van der Waals surface area contributed by atoms with E-state index in [2.05, 4.69) is 37.5 Å². The van der Waals surface area contributed by atoms with E-state index in [-0.39, 0.29) is 0 Å². The molecule has 3 aromatic rings. The molecule has 1 fully saturated rings. The number of H-pyrrole nitrogens is 1. The van der Waals surface area contributed by atoms with Crippen LogP contribution in [0.1, 0.15) is 0 Å². The predicted molar refractivity (Wildman–Crippen MR) is 106 cm³/mol. The van der Waals surface area contributed by atoms with Gasteiger partial charge >= 0.3 is 0 Å². The molecule has 0 radical (unpaired) electrons. The number of morpholine rings is 1. The van der Waals surface area contributed by atoms with Gasteiger partial charge in [-0.1, -0.05) is 11.6 Å². The molecule has 7 nitrogen and oxygen atoms in total. The third-order valence-electron chi connectivity index (χ3n) is 4.41. The number of rotatable bonds is 5. The highest BCUT2D eigenvalue weighted by Gasteiger charge is 2.12. The lowest BCUT2D eigenvalue weighted by Crippen LogP contribution is -2.36. The third-order valence-corrected chi connectivity index (χ3v) is 4.71. The van der Waals surface area contributed by atoms with Gasteiger partial charge in [-0.05, 0) is 42.5 Å². The highest BCUT2D eigenvalue weighted by Crippen LogP contribution is 2.29. The average molecular weight is 386 g/mol. The number of hydrogen-bond donors (Lipinski definition) is 2. The van der Waals surface area contributed by atoms with Gasteiger partial charge in [0, 0.05) is 30.0 Å². The van der Waals surface area contributed by atoms with E-state index in [0.29, 0.717) is 22.5 Å². The summed E-state index contributed by atoms with van der Waals surface area (Å²) in [5.41, 5.74) is 2.95. The van der Waals surface area contributed by atoms with E-state index in [1.807, 2.05) is 18.2 Å². The van der Waals surface area contributed by atoms with Crippen LogP contribution < -0.4 is 15.0 Å². The first-order chi connectivity index (χ1) is 13.2. The quantitative estimate of drug-likeness (QED) is 0.697. The second-order valence-electron chi connectivity index (χ2n) is 6.13. The molecule has 1 aliphatic heterocycles. The van der Waals surface area contributed by atoms with E-state index < -0.39 is 0 Å². The van der Waals surface area contributed by atoms with E-state index in [9.17, 15) is 0 Å². The monoisotopic (exact) mass is 385 g/mol. The zero-order valence-corrected chi connectivity index (χ0v) is 15.7. The van der Waals surface area contributed by atoms with Crippen molar-refractivity contribution in [2.24, 2.45) is 0 Å². The van der Waals surface area contributed by atoms with E-state index >= 15 is 0 Å². The lowest BCUT2D eigenvalue weighted by atomic mass is 10.2. The maximum atomic E-state index is 6.18. The molecule has 0 atom stereocenters. The predicted octanol–water partition coefficient (Wildman–Crippen LogP) is 3.71. The Morgan fingerprint density at radius 3 is 2.63 bits per heavy atom. The average Bonchev–Trinajstić information content (AvgIpc) is 3.18. The molecule has 0 spiro atoms. The topological polar surface area (TPSA) is 75.3 Å². The van der Waals surface area contributed by atoms with Gasteiger partial charge in [-0.3, -0.25) is 5.10 Å². The molecule has 0 bridgehead atoms. The summed E-state index contributed by atoms with van der Waals surface area (Å²) >= 11 is 6.18. The molecular weight excluding hydrogens is 366 g/mol. The van der Waals surface area contributed by atoms with E-state index in [0.717, 1.165) is 37.6 Å². The Balaban J connectivity index is 1.45. The molecule has 1 aliphatic rings. The summed E-state index contributed by atoms with van der Waals surface area (Å²) in [5.74, 6) is 1.75. The van der Waals surface area contributed by atoms with Gasteiger partial charge in [-0.25, -0.2) is 0 Å². The summed E-state index contributed by atoms with van der Waals surface area (Å²) in [6.45, 7) is 3.38. The molecule has 8 heteroatoms. The molecule has 1 aromatic heterocycles. The highest BCUT2D eigenvalue weighted by molar-refractivity contribution is 6.32. The van der Waals surface area contributed by atoms with Crippen LogP contribution in [-0.4, -0.2) is 48.6 Å². The van der Waals surface area contributed by atoms with Crippen LogP contribution in [0.3, 0.4) is 0 Å². The summed E-state index contributed by atoms with van der Waals surface area (Å²) in [4.78, 5) is 6.79. The maximum Gasteiger partial charge on any atom is 0.246 e. The van der Waals surface area contributed by atoms with E-state index in [1.54, 1.807) is 19.2 Å². The third kappa shape index (κ3) is 3.99. The molecule has 2 N–H and O–H groups in total. The van der Waals surface area contributed by atoms with Crippen LogP contribution in [0, 0.1) is 0 Å². The number of anilines is 3. The summed E-state index contributed by atoms with van der Waals surface area (Å²) in [6, 6.07) is 13.7. The standard InChI is InChI=1S/C19H20ClN5O2/c1-26-17-7-2-13(12-16(17)20)18-22-19(24-23-18)21-14-3-5-15(6-4-14)25-8-10-27-11-9-25/h2-7,12H,8-11H2,1H3,(H2,21,22,23,24). The van der Waals surface area contributed by atoms with Gasteiger partial charge in [-0.2, -0.15) is 4.98 Å². The molecule has 2 aromatic carbocycles. The Kier molecular flexibility index (Phi) is 5.13. The Bertz CT molecular complexity index is 907. The van der Waals surface area contributed by atoms with Crippen molar-refractivity contribution in [3.63, 3.8) is 0 Å². The van der Waals surface area contributed by atoms with Crippen LogP contribution in [-0.2, 0) is 4.74 Å². The van der Waals surface area contributed by atoms with Crippen LogP contribution in [0.4, 0.5) is 17.3 Å². The molecule has 27 heavy (non-hydrogen) atoms. The number of halogens is 1. The van der Waals surface area contributed by atoms with Crippen molar-refractivity contribution in [1.82, 2.24) is 15.2 Å². The Labute approximate surface area is 162 Å². The Hall–Kier alpha value is -2.77. The summed E-state index contributed by atoms with van der Waals surface area (Å²) in [5, 5.41) is 10.9. The minimum atomic E-state index is 0.496. The summed E-state index contributed by atoms with van der Waals surface area (Å²) in [7, 11) is 1.59. The summed E-state index contributed by atoms with van der Waals surface area (Å²) in [6.07, 6.45) is 0. The zero-order chi connectivity index (χ0) is 18.6. The maximum absolute atomic E-state index is 6.18. The number of hydrogen-bond acceptors (Lipinski definition) is 6. The molecule has 0 saturated carbocycles. The Morgan fingerprint density at radius 1 is 1.15 bits per heavy atom. The van der Waals surface area contributed by atoms with Crippen LogP contribution >= 0.6 is 11.6 Å². The second kappa shape index (κ2) is 7.85. The highest BCUT2D eigenvalue weighted by atomic mass is 35.5. The van der Waals surface area contributed by atoms with Crippen molar-refractivity contribution in [2.75, 3.05) is 43.6 Å². The van der Waals surface area contributed by atoms with Crippen LogP contribution in [0.15, 0.2) is 42.5 Å². The van der Waals surface area contributed by atoms with Gasteiger partial charge in [0.2, 0.25) is 5.95 Å². The first-order valence-electron chi connectivity index (χ1n) is 8.69. The number of ether oxygens (including phenoxy) is 2. The van der Waals surface area contributed by atoms with Crippen molar-refractivity contribution in [1.29, 1.82) is 0 Å². The van der Waals surface area contributed by atoms with Gasteiger partial charge in [0.1, 0.15) is 5.75 Å². The molecular formula is C19H20ClN5O2. The molecule has 2 heterocycles. The molecule has 1 saturated heterocycles. The lowest BCUT2D eigenvalue weighted by molar-refractivity contribution is 0.122. The van der Waals surface area contributed by atoms with E-state index in [1.165, 1.54) is 5.69 Å². The fourth-order valence-corrected chi connectivity index (χ4v) is 3.22. The first kappa shape index (κ1) is 17.6. The first-order valence-corrected chi connectivity index (χ1v) is 9.07. The molecule has 140 valence electrons. The number of methoxy groups -OCH3 is 1. The van der Waals surface area contributed by atoms with E-state index in [4.69, 9.17) is 21.1 Å². The SMILES string of the molecule is COc1ccc(-c2nc(Nc3ccc(N4CCOCC4)cc3)n[nH]2)cc1Cl. The fourth-order valence-electron chi connectivity index (χ4n) is 2.97. The van der Waals surface area contributed by atoms with Crippen LogP contribution in [0.25, 0.3) is 11.4 Å². The second-order valence-corrected chi connectivity index (χ2v) is 6.54. The number of benzene rings is 2. The van der Waals surface area contributed by atoms with Crippen molar-refractivity contribution >= 4 is 28.9 Å². The van der Waals surface area contributed by atoms with Gasteiger partial charge in [0.05, 0.1) is 25.3 Å². The van der Waals surface area contributed by atoms with Gasteiger partial charge < -0.3 is 19.7 Å². The minimum absolute atomic E-state index is 0.496. The van der Waals surface area contributed by atoms with Crippen molar-refractivity contribution < 1.29 is 9.47 Å². The molecule has 4 rings (SSSR count). The van der Waals surface area contributed by atoms with Crippen molar-refractivity contribution in [2.45, 2.75) is 0 Å². The Morgan fingerprint density at radius 2 is 1.93 bits per heavy atom. The normalized spacial score (nSPS) is 14.2. The van der Waals surface area contributed by atoms with Gasteiger partial charge in [0.25, 0.3) is 0 Å². The minimum Gasteiger partial charge on any atom is -0.495 e. The smallest absolute Gasteiger partial charge is 0.246 e.